The maximum absolute atomic E-state index is 13.3. The van der Waals surface area contributed by atoms with Crippen molar-refractivity contribution in [3.05, 3.63) is 35.9 Å². The molecule has 0 spiro atoms. The molecule has 0 aliphatic carbocycles. The van der Waals surface area contributed by atoms with E-state index >= 15 is 0 Å². The molecule has 108 valence electrons. The molecule has 2 aliphatic rings. The highest BCUT2D eigenvalue weighted by atomic mass is 19.1. The number of amides is 1. The fourth-order valence-corrected chi connectivity index (χ4v) is 2.96. The highest BCUT2D eigenvalue weighted by Gasteiger charge is 2.37. The van der Waals surface area contributed by atoms with Crippen molar-refractivity contribution in [2.75, 3.05) is 26.2 Å². The summed E-state index contributed by atoms with van der Waals surface area (Å²) >= 11 is 0. The summed E-state index contributed by atoms with van der Waals surface area (Å²) in [6.45, 7) is 2.74. The second-order valence-corrected chi connectivity index (χ2v) is 5.47. The van der Waals surface area contributed by atoms with Gasteiger partial charge in [-0.3, -0.25) is 4.90 Å². The first-order chi connectivity index (χ1) is 9.72. The number of alkyl halides is 1. The van der Waals surface area contributed by atoms with Gasteiger partial charge in [-0.15, -0.1) is 0 Å². The minimum absolute atomic E-state index is 0.156. The lowest BCUT2D eigenvalue weighted by molar-refractivity contribution is 0.0603. The smallest absolute Gasteiger partial charge is 0.410 e. The van der Waals surface area contributed by atoms with Gasteiger partial charge in [0.15, 0.2) is 0 Å². The number of halogens is 1. The summed E-state index contributed by atoms with van der Waals surface area (Å²) in [5, 5.41) is 0. The predicted octanol–water partition coefficient (Wildman–Crippen LogP) is 2.05. The van der Waals surface area contributed by atoms with Gasteiger partial charge in [-0.2, -0.15) is 0 Å². The van der Waals surface area contributed by atoms with Crippen molar-refractivity contribution >= 4 is 6.09 Å². The first-order valence-electron chi connectivity index (χ1n) is 7.06. The monoisotopic (exact) mass is 278 g/mol. The number of hydrogen-bond acceptors (Lipinski definition) is 3. The van der Waals surface area contributed by atoms with Gasteiger partial charge in [-0.1, -0.05) is 30.3 Å². The molecule has 2 fully saturated rings. The Hall–Kier alpha value is -1.62. The molecule has 1 aromatic rings. The average molecular weight is 278 g/mol. The number of carbonyl (C=O) groups excluding carboxylic acids is 1. The van der Waals surface area contributed by atoms with Crippen LogP contribution in [0.5, 0.6) is 0 Å². The van der Waals surface area contributed by atoms with E-state index in [-0.39, 0.29) is 18.7 Å². The van der Waals surface area contributed by atoms with Gasteiger partial charge in [0.1, 0.15) is 12.8 Å². The van der Waals surface area contributed by atoms with Gasteiger partial charge in [0.05, 0.1) is 0 Å². The first kappa shape index (κ1) is 13.4. The van der Waals surface area contributed by atoms with Gasteiger partial charge < -0.3 is 9.64 Å². The summed E-state index contributed by atoms with van der Waals surface area (Å²) in [6.07, 6.45) is -0.515. The zero-order chi connectivity index (χ0) is 13.9. The third-order valence-corrected chi connectivity index (χ3v) is 4.03. The minimum Gasteiger partial charge on any atom is -0.445 e. The van der Waals surface area contributed by atoms with E-state index in [4.69, 9.17) is 4.74 Å². The Balaban J connectivity index is 1.51. The Bertz CT molecular complexity index is 468. The number of rotatable bonds is 2. The van der Waals surface area contributed by atoms with Crippen molar-refractivity contribution in [3.8, 4) is 0 Å². The Kier molecular flexibility index (Phi) is 3.87. The second-order valence-electron chi connectivity index (χ2n) is 5.47. The summed E-state index contributed by atoms with van der Waals surface area (Å²) in [7, 11) is 0. The van der Waals surface area contributed by atoms with Crippen molar-refractivity contribution in [3.63, 3.8) is 0 Å². The molecular formula is C15H19FN2O2. The van der Waals surface area contributed by atoms with E-state index < -0.39 is 6.17 Å². The fourth-order valence-electron chi connectivity index (χ4n) is 2.96. The topological polar surface area (TPSA) is 32.8 Å². The van der Waals surface area contributed by atoms with Crippen LogP contribution in [0.25, 0.3) is 0 Å². The molecule has 5 heteroatoms. The van der Waals surface area contributed by atoms with Crippen LogP contribution < -0.4 is 0 Å². The molecule has 2 heterocycles. The lowest BCUT2D eigenvalue weighted by Gasteiger charge is -2.36. The Morgan fingerprint density at radius 2 is 2.05 bits per heavy atom. The van der Waals surface area contributed by atoms with Crippen molar-refractivity contribution in [2.45, 2.75) is 25.2 Å². The van der Waals surface area contributed by atoms with Gasteiger partial charge in [0, 0.05) is 32.2 Å². The van der Waals surface area contributed by atoms with Gasteiger partial charge in [-0.05, 0) is 12.0 Å². The molecule has 0 unspecified atom stereocenters. The number of fused-ring (bicyclic) bond motifs is 1. The third kappa shape index (κ3) is 2.93. The normalized spacial score (nSPS) is 26.4. The highest BCUT2D eigenvalue weighted by molar-refractivity contribution is 5.67. The van der Waals surface area contributed by atoms with Crippen molar-refractivity contribution in [1.82, 2.24) is 9.80 Å². The first-order valence-corrected chi connectivity index (χ1v) is 7.06. The van der Waals surface area contributed by atoms with Crippen LogP contribution in [0.4, 0.5) is 9.18 Å². The summed E-state index contributed by atoms with van der Waals surface area (Å²) < 4.78 is 18.7. The molecular weight excluding hydrogens is 259 g/mol. The quantitative estimate of drug-likeness (QED) is 0.830. The molecule has 0 bridgehead atoms. The largest absolute Gasteiger partial charge is 0.445 e. The summed E-state index contributed by atoms with van der Waals surface area (Å²) in [5.41, 5.74) is 0.976. The molecule has 3 rings (SSSR count). The maximum atomic E-state index is 13.3. The van der Waals surface area contributed by atoms with Crippen LogP contribution in [0.1, 0.15) is 12.0 Å². The van der Waals surface area contributed by atoms with Crippen LogP contribution in [0.15, 0.2) is 30.3 Å². The lowest BCUT2D eigenvalue weighted by Crippen LogP contribution is -2.52. The molecule has 1 aromatic carbocycles. The third-order valence-electron chi connectivity index (χ3n) is 4.03. The van der Waals surface area contributed by atoms with Crippen molar-refractivity contribution in [1.29, 1.82) is 0 Å². The maximum Gasteiger partial charge on any atom is 0.410 e. The van der Waals surface area contributed by atoms with Crippen LogP contribution in [-0.4, -0.2) is 54.3 Å². The van der Waals surface area contributed by atoms with E-state index in [2.05, 4.69) is 4.90 Å². The van der Waals surface area contributed by atoms with Gasteiger partial charge >= 0.3 is 6.09 Å². The van der Waals surface area contributed by atoms with Gasteiger partial charge in [0.25, 0.3) is 0 Å². The molecule has 0 aromatic heterocycles. The highest BCUT2D eigenvalue weighted by Crippen LogP contribution is 2.24. The van der Waals surface area contributed by atoms with E-state index in [0.717, 1.165) is 12.1 Å². The van der Waals surface area contributed by atoms with Crippen LogP contribution in [-0.2, 0) is 11.3 Å². The summed E-state index contributed by atoms with van der Waals surface area (Å²) in [4.78, 5) is 15.9. The number of nitrogens with zero attached hydrogens (tertiary/aromatic N) is 2. The van der Waals surface area contributed by atoms with E-state index in [9.17, 15) is 9.18 Å². The van der Waals surface area contributed by atoms with E-state index in [1.807, 2.05) is 30.3 Å². The minimum atomic E-state index is -0.750. The summed E-state index contributed by atoms with van der Waals surface area (Å²) in [5.74, 6) is 0. The molecule has 2 saturated heterocycles. The van der Waals surface area contributed by atoms with E-state index in [1.165, 1.54) is 0 Å². The molecule has 4 nitrogen and oxygen atoms in total. The van der Waals surface area contributed by atoms with E-state index in [1.54, 1.807) is 4.90 Å². The van der Waals surface area contributed by atoms with Crippen LogP contribution in [0.3, 0.4) is 0 Å². The predicted molar refractivity (Wildman–Crippen MR) is 73.1 cm³/mol. The zero-order valence-corrected chi connectivity index (χ0v) is 11.4. The molecule has 2 aliphatic heterocycles. The van der Waals surface area contributed by atoms with Gasteiger partial charge in [0.2, 0.25) is 0 Å². The molecule has 1 amide bonds. The fraction of sp³-hybridized carbons (Fsp3) is 0.533. The van der Waals surface area contributed by atoms with Crippen LogP contribution in [0, 0.1) is 0 Å². The Morgan fingerprint density at radius 1 is 1.25 bits per heavy atom. The zero-order valence-electron chi connectivity index (χ0n) is 11.4. The Morgan fingerprint density at radius 3 is 2.85 bits per heavy atom. The number of piperazine rings is 1. The van der Waals surface area contributed by atoms with Crippen molar-refractivity contribution in [2.24, 2.45) is 0 Å². The second kappa shape index (κ2) is 5.79. The molecule has 0 saturated carbocycles. The van der Waals surface area contributed by atoms with Crippen LogP contribution >= 0.6 is 0 Å². The Labute approximate surface area is 118 Å². The van der Waals surface area contributed by atoms with Gasteiger partial charge in [-0.25, -0.2) is 9.18 Å². The molecule has 0 radical (unpaired) electrons. The average Bonchev–Trinajstić information content (AvgIpc) is 2.85. The number of carbonyl (C=O) groups is 1. The standard InChI is InChI=1S/C15H19FN2O2/c16-13-8-14-10-18(7-6-17(14)9-13)15(19)20-11-12-4-2-1-3-5-12/h1-5,13-14H,6-11H2/t13-,14-/m0/s1. The molecule has 0 N–H and O–H groups in total. The number of hydrogen-bond donors (Lipinski definition) is 0. The number of ether oxygens (including phenoxy) is 1. The number of benzene rings is 1. The molecule has 20 heavy (non-hydrogen) atoms. The van der Waals surface area contributed by atoms with Crippen molar-refractivity contribution < 1.29 is 13.9 Å². The molecule has 2 atom stereocenters. The lowest BCUT2D eigenvalue weighted by atomic mass is 10.1. The summed E-state index contributed by atoms with van der Waals surface area (Å²) in [6, 6.07) is 9.77. The van der Waals surface area contributed by atoms with Crippen LogP contribution in [0.2, 0.25) is 0 Å². The van der Waals surface area contributed by atoms with E-state index in [0.29, 0.717) is 26.1 Å². The SMILES string of the molecule is O=C(OCc1ccccc1)N1CCN2C[C@@H](F)C[C@H]2C1.